The van der Waals surface area contributed by atoms with Crippen molar-refractivity contribution in [1.82, 2.24) is 0 Å². The van der Waals surface area contributed by atoms with Crippen molar-refractivity contribution < 1.29 is 0 Å². The summed E-state index contributed by atoms with van der Waals surface area (Å²) >= 11 is 0. The molecule has 1 nitrogen and oxygen atoms in total. The Kier molecular flexibility index (Phi) is 5.01. The molecule has 1 heteroatoms. The average Bonchev–Trinajstić information content (AvgIpc) is 3.19. The molecule has 158 valence electrons. The summed E-state index contributed by atoms with van der Waals surface area (Å²) in [6, 6.07) is 48.0. The normalized spacial score (nSPS) is 13.9. The van der Waals surface area contributed by atoms with Gasteiger partial charge in [-0.05, 0) is 70.6 Å². The predicted octanol–water partition coefficient (Wildman–Crippen LogP) is 8.51. The Bertz CT molecular complexity index is 1330. The van der Waals surface area contributed by atoms with Gasteiger partial charge in [0.25, 0.3) is 0 Å². The fraction of sp³-hybridized carbons (Fsp3) is 0.0625. The van der Waals surface area contributed by atoms with Crippen LogP contribution < -0.4 is 4.90 Å². The number of hydrogen-bond donors (Lipinski definition) is 0. The maximum absolute atomic E-state index is 2.41. The molecule has 0 saturated carbocycles. The van der Waals surface area contributed by atoms with Crippen LogP contribution >= 0.6 is 0 Å². The Morgan fingerprint density at radius 3 is 1.67 bits per heavy atom. The number of rotatable bonds is 5. The van der Waals surface area contributed by atoms with Gasteiger partial charge in [0, 0.05) is 23.0 Å². The lowest BCUT2D eigenvalue weighted by Crippen LogP contribution is -2.10. The van der Waals surface area contributed by atoms with Gasteiger partial charge in [0.1, 0.15) is 0 Å². The highest BCUT2D eigenvalue weighted by Gasteiger charge is 2.29. The van der Waals surface area contributed by atoms with Gasteiger partial charge in [0.05, 0.1) is 0 Å². The molecule has 0 N–H and O–H groups in total. The Morgan fingerprint density at radius 1 is 0.455 bits per heavy atom. The summed E-state index contributed by atoms with van der Waals surface area (Å²) in [6.45, 7) is 0. The molecule has 0 fully saturated rings. The highest BCUT2D eigenvalue weighted by Crippen LogP contribution is 2.48. The molecule has 0 aromatic heterocycles. The molecular formula is C32H25N. The summed E-state index contributed by atoms with van der Waals surface area (Å²) in [7, 11) is 0. The van der Waals surface area contributed by atoms with Crippen LogP contribution in [0, 0.1) is 0 Å². The van der Waals surface area contributed by atoms with Gasteiger partial charge in [-0.2, -0.15) is 0 Å². The van der Waals surface area contributed by atoms with Crippen LogP contribution in [0.5, 0.6) is 0 Å². The molecule has 5 aromatic carbocycles. The van der Waals surface area contributed by atoms with E-state index in [-0.39, 0.29) is 0 Å². The van der Waals surface area contributed by atoms with E-state index in [2.05, 4.69) is 138 Å². The van der Waals surface area contributed by atoms with E-state index < -0.39 is 0 Å². The van der Waals surface area contributed by atoms with Gasteiger partial charge < -0.3 is 4.90 Å². The Balaban J connectivity index is 1.49. The fourth-order valence-electron chi connectivity index (χ4n) is 5.11. The first kappa shape index (κ1) is 19.6. The average molecular weight is 424 g/mol. The first-order valence-corrected chi connectivity index (χ1v) is 11.6. The van der Waals surface area contributed by atoms with Crippen molar-refractivity contribution in [3.8, 4) is 11.1 Å². The minimum absolute atomic E-state index is 0.354. The molecule has 0 heterocycles. The zero-order chi connectivity index (χ0) is 22.0. The zero-order valence-electron chi connectivity index (χ0n) is 18.4. The molecule has 1 aliphatic rings. The predicted molar refractivity (Wildman–Crippen MR) is 139 cm³/mol. The van der Waals surface area contributed by atoms with Gasteiger partial charge in [-0.25, -0.2) is 0 Å². The molecule has 33 heavy (non-hydrogen) atoms. The van der Waals surface area contributed by atoms with Crippen molar-refractivity contribution in [3.05, 3.63) is 150 Å². The van der Waals surface area contributed by atoms with Crippen LogP contribution in [-0.4, -0.2) is 0 Å². The summed E-state index contributed by atoms with van der Waals surface area (Å²) < 4.78 is 0. The summed E-state index contributed by atoms with van der Waals surface area (Å²) in [6.07, 6.45) is 1.00. The summed E-state index contributed by atoms with van der Waals surface area (Å²) in [5, 5.41) is 0. The highest BCUT2D eigenvalue weighted by atomic mass is 15.1. The second kappa shape index (κ2) is 8.44. The number of nitrogens with zero attached hydrogens (tertiary/aromatic N) is 1. The molecule has 0 radical (unpaired) electrons. The van der Waals surface area contributed by atoms with Crippen molar-refractivity contribution in [2.24, 2.45) is 0 Å². The first-order valence-electron chi connectivity index (χ1n) is 11.6. The number of anilines is 3. The van der Waals surface area contributed by atoms with Gasteiger partial charge >= 0.3 is 0 Å². The largest absolute Gasteiger partial charge is 0.310 e. The highest BCUT2D eigenvalue weighted by molar-refractivity contribution is 5.84. The van der Waals surface area contributed by atoms with E-state index in [0.29, 0.717) is 5.92 Å². The molecule has 0 spiro atoms. The van der Waals surface area contributed by atoms with Crippen molar-refractivity contribution >= 4 is 17.1 Å². The van der Waals surface area contributed by atoms with Crippen LogP contribution in [-0.2, 0) is 6.42 Å². The minimum atomic E-state index is 0.354. The standard InChI is InChI=1S/C32H25N/c1-4-12-24(13-5-1)22-31-29-19-11-10-18-28(29)30-21-20-27(23-32(30)31)33(25-14-6-2-7-15-25)26-16-8-3-9-17-26/h1-21,23,31H,22H2. The molecule has 1 aliphatic carbocycles. The topological polar surface area (TPSA) is 3.24 Å². The fourth-order valence-corrected chi connectivity index (χ4v) is 5.11. The van der Waals surface area contributed by atoms with Crippen molar-refractivity contribution in [1.29, 1.82) is 0 Å². The molecule has 0 aliphatic heterocycles. The lowest BCUT2D eigenvalue weighted by molar-refractivity contribution is 0.827. The van der Waals surface area contributed by atoms with Gasteiger partial charge in [0.2, 0.25) is 0 Å². The smallest absolute Gasteiger partial charge is 0.0465 e. The monoisotopic (exact) mass is 423 g/mol. The van der Waals surface area contributed by atoms with Gasteiger partial charge in [-0.1, -0.05) is 97.1 Å². The van der Waals surface area contributed by atoms with Gasteiger partial charge in [-0.3, -0.25) is 0 Å². The third-order valence-corrected chi connectivity index (χ3v) is 6.61. The SMILES string of the molecule is c1ccc(CC2c3ccccc3-c3ccc(N(c4ccccc4)c4ccccc4)cc32)cc1. The molecule has 5 aromatic rings. The van der Waals surface area contributed by atoms with E-state index in [4.69, 9.17) is 0 Å². The maximum atomic E-state index is 2.41. The lowest BCUT2D eigenvalue weighted by Gasteiger charge is -2.26. The van der Waals surface area contributed by atoms with E-state index in [1.165, 1.54) is 44.9 Å². The summed E-state index contributed by atoms with van der Waals surface area (Å²) in [5.74, 6) is 0.354. The number of benzene rings is 5. The molecule has 0 saturated heterocycles. The summed E-state index contributed by atoms with van der Waals surface area (Å²) in [5.41, 5.74) is 10.5. The second-order valence-corrected chi connectivity index (χ2v) is 8.61. The minimum Gasteiger partial charge on any atom is -0.310 e. The lowest BCUT2D eigenvalue weighted by atomic mass is 9.90. The van der Waals surface area contributed by atoms with E-state index in [1.807, 2.05) is 0 Å². The van der Waals surface area contributed by atoms with Crippen LogP contribution in [0.25, 0.3) is 11.1 Å². The van der Waals surface area contributed by atoms with E-state index in [9.17, 15) is 0 Å². The van der Waals surface area contributed by atoms with Crippen LogP contribution in [0.15, 0.2) is 133 Å². The van der Waals surface area contributed by atoms with E-state index in [1.54, 1.807) is 0 Å². The van der Waals surface area contributed by atoms with Gasteiger partial charge in [0.15, 0.2) is 0 Å². The van der Waals surface area contributed by atoms with Crippen molar-refractivity contribution in [3.63, 3.8) is 0 Å². The van der Waals surface area contributed by atoms with Crippen LogP contribution in [0.3, 0.4) is 0 Å². The molecule has 1 unspecified atom stereocenters. The Hall–Kier alpha value is -4.10. The number of para-hydroxylation sites is 2. The zero-order valence-corrected chi connectivity index (χ0v) is 18.4. The quantitative estimate of drug-likeness (QED) is 0.274. The van der Waals surface area contributed by atoms with E-state index in [0.717, 1.165) is 6.42 Å². The molecule has 0 amide bonds. The van der Waals surface area contributed by atoms with Crippen molar-refractivity contribution in [2.45, 2.75) is 12.3 Å². The van der Waals surface area contributed by atoms with E-state index >= 15 is 0 Å². The van der Waals surface area contributed by atoms with Gasteiger partial charge in [-0.15, -0.1) is 0 Å². The van der Waals surface area contributed by atoms with Crippen molar-refractivity contribution in [2.75, 3.05) is 4.90 Å². The Labute approximate surface area is 195 Å². The van der Waals surface area contributed by atoms with Crippen LogP contribution in [0.4, 0.5) is 17.1 Å². The maximum Gasteiger partial charge on any atom is 0.0465 e. The second-order valence-electron chi connectivity index (χ2n) is 8.61. The molecule has 6 rings (SSSR count). The third kappa shape index (κ3) is 3.62. The molecule has 1 atom stereocenters. The van der Waals surface area contributed by atoms with Crippen LogP contribution in [0.2, 0.25) is 0 Å². The van der Waals surface area contributed by atoms with Crippen LogP contribution in [0.1, 0.15) is 22.6 Å². The molecule has 0 bridgehead atoms. The first-order chi connectivity index (χ1) is 16.4. The number of hydrogen-bond acceptors (Lipinski definition) is 1. The Morgan fingerprint density at radius 2 is 1.00 bits per heavy atom. The summed E-state index contributed by atoms with van der Waals surface area (Å²) in [4.78, 5) is 2.35. The number of fused-ring (bicyclic) bond motifs is 3. The molecular weight excluding hydrogens is 398 g/mol. The third-order valence-electron chi connectivity index (χ3n) is 6.61.